The standard InChI is InChI=1S/C12H24N2O2.ClH/c1-12(2,3)10(13)11(15)14-6-5-9(7-14)8-16-4;/h9-10H,5-8,13H2,1-4H3;1H/t9?,10-;/m1./s1. The summed E-state index contributed by atoms with van der Waals surface area (Å²) in [4.78, 5) is 14.0. The van der Waals surface area contributed by atoms with E-state index in [1.54, 1.807) is 7.11 Å². The second-order valence-electron chi connectivity index (χ2n) is 5.74. The molecular formula is C12H25ClN2O2. The van der Waals surface area contributed by atoms with Gasteiger partial charge in [-0.25, -0.2) is 0 Å². The molecule has 0 spiro atoms. The van der Waals surface area contributed by atoms with Crippen molar-refractivity contribution in [3.63, 3.8) is 0 Å². The van der Waals surface area contributed by atoms with Crippen LogP contribution >= 0.6 is 12.4 Å². The fourth-order valence-corrected chi connectivity index (χ4v) is 1.97. The first-order valence-electron chi connectivity index (χ1n) is 5.89. The summed E-state index contributed by atoms with van der Waals surface area (Å²) in [7, 11) is 1.70. The molecule has 1 saturated heterocycles. The van der Waals surface area contributed by atoms with E-state index in [4.69, 9.17) is 10.5 Å². The largest absolute Gasteiger partial charge is 0.384 e. The molecule has 0 aromatic carbocycles. The van der Waals surface area contributed by atoms with Crippen LogP contribution in [0.25, 0.3) is 0 Å². The minimum atomic E-state index is -0.409. The zero-order chi connectivity index (χ0) is 12.3. The molecule has 17 heavy (non-hydrogen) atoms. The van der Waals surface area contributed by atoms with Crippen molar-refractivity contribution in [1.82, 2.24) is 4.90 Å². The van der Waals surface area contributed by atoms with Gasteiger partial charge in [-0.05, 0) is 11.8 Å². The van der Waals surface area contributed by atoms with Gasteiger partial charge in [0, 0.05) is 26.1 Å². The normalized spacial score (nSPS) is 22.2. The van der Waals surface area contributed by atoms with Crippen LogP contribution in [0.5, 0.6) is 0 Å². The van der Waals surface area contributed by atoms with Crippen LogP contribution in [-0.2, 0) is 9.53 Å². The summed E-state index contributed by atoms with van der Waals surface area (Å²) in [6.07, 6.45) is 1.02. The van der Waals surface area contributed by atoms with E-state index in [1.165, 1.54) is 0 Å². The summed E-state index contributed by atoms with van der Waals surface area (Å²) < 4.78 is 5.11. The molecule has 0 radical (unpaired) electrons. The Kier molecular flexibility index (Phi) is 6.45. The lowest BCUT2D eigenvalue weighted by Gasteiger charge is -2.29. The minimum Gasteiger partial charge on any atom is -0.384 e. The number of nitrogens with two attached hydrogens (primary N) is 1. The molecule has 0 aromatic heterocycles. The number of carbonyl (C=O) groups is 1. The number of hydrogen-bond donors (Lipinski definition) is 1. The highest BCUT2D eigenvalue weighted by atomic mass is 35.5. The van der Waals surface area contributed by atoms with E-state index in [-0.39, 0.29) is 23.7 Å². The number of methoxy groups -OCH3 is 1. The van der Waals surface area contributed by atoms with Crippen molar-refractivity contribution in [2.45, 2.75) is 33.2 Å². The van der Waals surface area contributed by atoms with Gasteiger partial charge >= 0.3 is 0 Å². The van der Waals surface area contributed by atoms with Gasteiger partial charge in [0.25, 0.3) is 0 Å². The van der Waals surface area contributed by atoms with Crippen LogP contribution in [-0.4, -0.2) is 43.7 Å². The summed E-state index contributed by atoms with van der Waals surface area (Å²) in [5, 5.41) is 0. The Hall–Kier alpha value is -0.320. The molecule has 0 bridgehead atoms. The van der Waals surface area contributed by atoms with Crippen LogP contribution < -0.4 is 5.73 Å². The first-order valence-corrected chi connectivity index (χ1v) is 5.89. The summed E-state index contributed by atoms with van der Waals surface area (Å²) >= 11 is 0. The van der Waals surface area contributed by atoms with Crippen LogP contribution in [0.3, 0.4) is 0 Å². The van der Waals surface area contributed by atoms with Gasteiger partial charge in [0.15, 0.2) is 0 Å². The average molecular weight is 265 g/mol. The lowest BCUT2D eigenvalue weighted by Crippen LogP contribution is -2.49. The Balaban J connectivity index is 0.00000256. The van der Waals surface area contributed by atoms with Gasteiger partial charge in [0.1, 0.15) is 0 Å². The van der Waals surface area contributed by atoms with E-state index in [2.05, 4.69) is 0 Å². The van der Waals surface area contributed by atoms with Crippen LogP contribution in [0.15, 0.2) is 0 Å². The Morgan fingerprint density at radius 2 is 2.12 bits per heavy atom. The average Bonchev–Trinajstić information content (AvgIpc) is 2.63. The van der Waals surface area contributed by atoms with Crippen molar-refractivity contribution in [2.75, 3.05) is 26.8 Å². The van der Waals surface area contributed by atoms with Crippen molar-refractivity contribution in [3.05, 3.63) is 0 Å². The number of amides is 1. The molecule has 4 nitrogen and oxygen atoms in total. The number of ether oxygens (including phenoxy) is 1. The van der Waals surface area contributed by atoms with Gasteiger partial charge < -0.3 is 15.4 Å². The van der Waals surface area contributed by atoms with Crippen molar-refractivity contribution in [1.29, 1.82) is 0 Å². The van der Waals surface area contributed by atoms with E-state index in [0.29, 0.717) is 5.92 Å². The number of likely N-dealkylation sites (tertiary alicyclic amines) is 1. The maximum Gasteiger partial charge on any atom is 0.240 e. The van der Waals surface area contributed by atoms with Gasteiger partial charge in [0.2, 0.25) is 5.91 Å². The first kappa shape index (κ1) is 16.7. The zero-order valence-corrected chi connectivity index (χ0v) is 12.0. The Morgan fingerprint density at radius 3 is 2.59 bits per heavy atom. The van der Waals surface area contributed by atoms with Crippen LogP contribution in [0.4, 0.5) is 0 Å². The molecule has 0 aliphatic carbocycles. The predicted octanol–water partition coefficient (Wildman–Crippen LogP) is 1.28. The van der Waals surface area contributed by atoms with Gasteiger partial charge in [-0.1, -0.05) is 20.8 Å². The molecule has 1 unspecified atom stereocenters. The van der Waals surface area contributed by atoms with Crippen LogP contribution in [0.1, 0.15) is 27.2 Å². The molecule has 0 saturated carbocycles. The van der Waals surface area contributed by atoms with Crippen molar-refractivity contribution in [2.24, 2.45) is 17.1 Å². The topological polar surface area (TPSA) is 55.6 Å². The zero-order valence-electron chi connectivity index (χ0n) is 11.2. The third-order valence-electron chi connectivity index (χ3n) is 3.20. The van der Waals surface area contributed by atoms with Crippen LogP contribution in [0, 0.1) is 11.3 Å². The van der Waals surface area contributed by atoms with Gasteiger partial charge in [0.05, 0.1) is 12.6 Å². The second-order valence-corrected chi connectivity index (χ2v) is 5.74. The number of rotatable bonds is 3. The molecule has 1 rings (SSSR count). The number of halogens is 1. The maximum atomic E-state index is 12.1. The quantitative estimate of drug-likeness (QED) is 0.835. The smallest absolute Gasteiger partial charge is 0.240 e. The van der Waals surface area contributed by atoms with E-state index >= 15 is 0 Å². The Labute approximate surface area is 110 Å². The van der Waals surface area contributed by atoms with Crippen molar-refractivity contribution >= 4 is 18.3 Å². The molecule has 1 amide bonds. The van der Waals surface area contributed by atoms with E-state index < -0.39 is 6.04 Å². The minimum absolute atomic E-state index is 0. The third kappa shape index (κ3) is 4.45. The molecule has 1 aliphatic heterocycles. The first-order chi connectivity index (χ1) is 7.36. The third-order valence-corrected chi connectivity index (χ3v) is 3.20. The fourth-order valence-electron chi connectivity index (χ4n) is 1.97. The summed E-state index contributed by atoms with van der Waals surface area (Å²) in [6, 6.07) is -0.409. The highest BCUT2D eigenvalue weighted by molar-refractivity contribution is 5.85. The van der Waals surface area contributed by atoms with E-state index in [0.717, 1.165) is 26.1 Å². The highest BCUT2D eigenvalue weighted by Crippen LogP contribution is 2.23. The fraction of sp³-hybridized carbons (Fsp3) is 0.917. The summed E-state index contributed by atoms with van der Waals surface area (Å²) in [5.41, 5.74) is 5.80. The molecule has 0 aromatic rings. The Bertz CT molecular complexity index is 253. The second kappa shape index (κ2) is 6.57. The van der Waals surface area contributed by atoms with Crippen molar-refractivity contribution < 1.29 is 9.53 Å². The SMILES string of the molecule is COCC1CCN(C(=O)[C@@H](N)C(C)(C)C)C1.Cl. The molecule has 2 N–H and O–H groups in total. The van der Waals surface area contributed by atoms with Gasteiger partial charge in [-0.15, -0.1) is 12.4 Å². The molecule has 102 valence electrons. The monoisotopic (exact) mass is 264 g/mol. The van der Waals surface area contributed by atoms with Gasteiger partial charge in [-0.3, -0.25) is 4.79 Å². The van der Waals surface area contributed by atoms with E-state index in [9.17, 15) is 4.79 Å². The lowest BCUT2D eigenvalue weighted by molar-refractivity contribution is -0.134. The number of carbonyl (C=O) groups excluding carboxylic acids is 1. The summed E-state index contributed by atoms with van der Waals surface area (Å²) in [5.74, 6) is 0.548. The maximum absolute atomic E-state index is 12.1. The molecule has 1 heterocycles. The van der Waals surface area contributed by atoms with Crippen molar-refractivity contribution in [3.8, 4) is 0 Å². The highest BCUT2D eigenvalue weighted by Gasteiger charge is 2.34. The number of nitrogens with zero attached hydrogens (tertiary/aromatic N) is 1. The van der Waals surface area contributed by atoms with E-state index in [1.807, 2.05) is 25.7 Å². The van der Waals surface area contributed by atoms with Gasteiger partial charge in [-0.2, -0.15) is 0 Å². The molecule has 1 aliphatic rings. The molecular weight excluding hydrogens is 240 g/mol. The Morgan fingerprint density at radius 1 is 1.53 bits per heavy atom. The predicted molar refractivity (Wildman–Crippen MR) is 71.2 cm³/mol. The number of hydrogen-bond acceptors (Lipinski definition) is 3. The lowest BCUT2D eigenvalue weighted by atomic mass is 9.86. The molecule has 2 atom stereocenters. The molecule has 1 fully saturated rings. The van der Waals surface area contributed by atoms with Crippen LogP contribution in [0.2, 0.25) is 0 Å². The summed E-state index contributed by atoms with van der Waals surface area (Å²) in [6.45, 7) is 8.33. The molecule has 5 heteroatoms.